The van der Waals surface area contributed by atoms with Crippen LogP contribution in [0.25, 0.3) is 0 Å². The van der Waals surface area contributed by atoms with Gasteiger partial charge in [0.15, 0.2) is 0 Å². The minimum absolute atomic E-state index is 0.329. The van der Waals surface area contributed by atoms with Crippen LogP contribution in [0.3, 0.4) is 0 Å². The Balaban J connectivity index is 1.99. The topological polar surface area (TPSA) is 24.5 Å². The fourth-order valence-electron chi connectivity index (χ4n) is 3.86. The lowest BCUT2D eigenvalue weighted by atomic mass is 9.81. The Morgan fingerprint density at radius 3 is 2.65 bits per heavy atom. The van der Waals surface area contributed by atoms with E-state index in [9.17, 15) is 0 Å². The Kier molecular flexibility index (Phi) is 5.49. The molecule has 4 unspecified atom stereocenters. The van der Waals surface area contributed by atoms with Gasteiger partial charge in [-0.3, -0.25) is 4.90 Å². The first-order valence-corrected chi connectivity index (χ1v) is 8.47. The molecule has 0 radical (unpaired) electrons. The van der Waals surface area contributed by atoms with Crippen molar-refractivity contribution in [3.8, 4) is 0 Å². The number of likely N-dealkylation sites (tertiary alicyclic amines) is 1. The van der Waals surface area contributed by atoms with Crippen molar-refractivity contribution >= 4 is 0 Å². The van der Waals surface area contributed by atoms with Crippen LogP contribution in [0.1, 0.15) is 47.5 Å². The molecule has 4 atom stereocenters. The highest BCUT2D eigenvalue weighted by atomic mass is 16.5. The number of nitrogens with zero attached hydrogens (tertiary/aromatic N) is 1. The maximum atomic E-state index is 5.76. The van der Waals surface area contributed by atoms with Crippen LogP contribution in [0.2, 0.25) is 0 Å². The van der Waals surface area contributed by atoms with Gasteiger partial charge in [-0.1, -0.05) is 27.7 Å². The fraction of sp³-hybridized carbons (Fsp3) is 1.00. The monoisotopic (exact) mass is 282 g/mol. The highest BCUT2D eigenvalue weighted by molar-refractivity contribution is 4.92. The molecule has 3 nitrogen and oxygen atoms in total. The maximum Gasteiger partial charge on any atom is 0.0547 e. The third-order valence-electron chi connectivity index (χ3n) is 5.33. The second-order valence-corrected chi connectivity index (χ2v) is 7.83. The van der Waals surface area contributed by atoms with E-state index in [-0.39, 0.29) is 0 Å². The average Bonchev–Trinajstić information content (AvgIpc) is 2.82. The van der Waals surface area contributed by atoms with E-state index in [1.807, 2.05) is 0 Å². The van der Waals surface area contributed by atoms with Gasteiger partial charge >= 0.3 is 0 Å². The van der Waals surface area contributed by atoms with Crippen LogP contribution in [0.15, 0.2) is 0 Å². The lowest BCUT2D eigenvalue weighted by Crippen LogP contribution is -2.53. The molecular weight excluding hydrogens is 248 g/mol. The molecule has 0 spiro atoms. The summed E-state index contributed by atoms with van der Waals surface area (Å²) in [4.78, 5) is 2.73. The molecule has 0 aromatic carbocycles. The molecule has 2 aliphatic heterocycles. The van der Waals surface area contributed by atoms with Crippen molar-refractivity contribution in [1.29, 1.82) is 0 Å². The van der Waals surface area contributed by atoms with Crippen molar-refractivity contribution in [3.05, 3.63) is 0 Å². The van der Waals surface area contributed by atoms with Crippen molar-refractivity contribution < 1.29 is 4.74 Å². The first-order valence-electron chi connectivity index (χ1n) is 8.47. The van der Waals surface area contributed by atoms with E-state index in [0.29, 0.717) is 17.5 Å². The van der Waals surface area contributed by atoms with Crippen LogP contribution >= 0.6 is 0 Å². The Morgan fingerprint density at radius 2 is 2.05 bits per heavy atom. The van der Waals surface area contributed by atoms with Gasteiger partial charge in [0.1, 0.15) is 0 Å². The zero-order valence-corrected chi connectivity index (χ0v) is 14.1. The van der Waals surface area contributed by atoms with Gasteiger partial charge in [0, 0.05) is 43.7 Å². The molecule has 0 aromatic rings. The molecule has 1 N–H and O–H groups in total. The molecule has 2 fully saturated rings. The molecule has 2 aliphatic rings. The lowest BCUT2D eigenvalue weighted by molar-refractivity contribution is 0.0293. The summed E-state index contributed by atoms with van der Waals surface area (Å²) in [5.41, 5.74) is 0.329. The fourth-order valence-corrected chi connectivity index (χ4v) is 3.86. The number of piperidine rings is 1. The van der Waals surface area contributed by atoms with Crippen LogP contribution in [-0.4, -0.2) is 49.8 Å². The van der Waals surface area contributed by atoms with E-state index in [4.69, 9.17) is 4.74 Å². The zero-order valence-electron chi connectivity index (χ0n) is 14.1. The van der Waals surface area contributed by atoms with Gasteiger partial charge in [-0.25, -0.2) is 0 Å². The maximum absolute atomic E-state index is 5.76. The normalized spacial score (nSPS) is 39.6. The van der Waals surface area contributed by atoms with Gasteiger partial charge in [-0.15, -0.1) is 0 Å². The summed E-state index contributed by atoms with van der Waals surface area (Å²) in [6.07, 6.45) is 2.59. The first kappa shape index (κ1) is 16.3. The Labute approximate surface area is 125 Å². The Bertz CT molecular complexity index is 299. The van der Waals surface area contributed by atoms with Crippen molar-refractivity contribution in [2.24, 2.45) is 17.3 Å². The smallest absolute Gasteiger partial charge is 0.0547 e. The van der Waals surface area contributed by atoms with Gasteiger partial charge in [0.2, 0.25) is 0 Å². The lowest BCUT2D eigenvalue weighted by Gasteiger charge is -2.45. The number of nitrogens with one attached hydrogen (secondary N) is 1. The van der Waals surface area contributed by atoms with Crippen molar-refractivity contribution in [2.75, 3.05) is 32.8 Å². The summed E-state index contributed by atoms with van der Waals surface area (Å²) in [6.45, 7) is 17.1. The van der Waals surface area contributed by atoms with Crippen molar-refractivity contribution in [1.82, 2.24) is 10.2 Å². The summed E-state index contributed by atoms with van der Waals surface area (Å²) < 4.78 is 5.76. The summed E-state index contributed by atoms with van der Waals surface area (Å²) in [5, 5.41) is 3.65. The Hall–Kier alpha value is -0.120. The summed E-state index contributed by atoms with van der Waals surface area (Å²) in [5.74, 6) is 1.65. The van der Waals surface area contributed by atoms with Gasteiger partial charge in [0.05, 0.1) is 6.61 Å². The van der Waals surface area contributed by atoms with Crippen molar-refractivity contribution in [3.63, 3.8) is 0 Å². The highest BCUT2D eigenvalue weighted by Gasteiger charge is 2.39. The predicted molar refractivity (Wildman–Crippen MR) is 85.0 cm³/mol. The van der Waals surface area contributed by atoms with Gasteiger partial charge in [-0.05, 0) is 31.6 Å². The molecule has 2 rings (SSSR count). The van der Waals surface area contributed by atoms with Gasteiger partial charge in [0.25, 0.3) is 0 Å². The van der Waals surface area contributed by atoms with Crippen LogP contribution in [-0.2, 0) is 4.74 Å². The summed E-state index contributed by atoms with van der Waals surface area (Å²) >= 11 is 0. The largest absolute Gasteiger partial charge is 0.381 e. The first-order chi connectivity index (χ1) is 9.42. The molecule has 0 aliphatic carbocycles. The molecule has 0 aromatic heterocycles. The number of rotatable bonds is 5. The van der Waals surface area contributed by atoms with Crippen LogP contribution in [0.4, 0.5) is 0 Å². The number of hydrogen-bond donors (Lipinski definition) is 1. The SMILES string of the molecule is CC1CC(C)C(C)N(CC2(CNC(C)C)CCOC2)C1. The molecule has 0 saturated carbocycles. The minimum atomic E-state index is 0.329. The van der Waals surface area contributed by atoms with E-state index < -0.39 is 0 Å². The molecule has 0 bridgehead atoms. The molecular formula is C17H34N2O. The molecule has 3 heteroatoms. The molecule has 0 amide bonds. The average molecular weight is 282 g/mol. The van der Waals surface area contributed by atoms with E-state index in [1.165, 1.54) is 25.9 Å². The molecule has 20 heavy (non-hydrogen) atoms. The molecule has 118 valence electrons. The minimum Gasteiger partial charge on any atom is -0.381 e. The summed E-state index contributed by atoms with van der Waals surface area (Å²) in [6, 6.07) is 1.27. The third kappa shape index (κ3) is 3.96. The van der Waals surface area contributed by atoms with Crippen LogP contribution in [0.5, 0.6) is 0 Å². The van der Waals surface area contributed by atoms with Gasteiger partial charge in [-0.2, -0.15) is 0 Å². The Morgan fingerprint density at radius 1 is 1.30 bits per heavy atom. The van der Waals surface area contributed by atoms with E-state index in [0.717, 1.165) is 31.6 Å². The van der Waals surface area contributed by atoms with E-state index >= 15 is 0 Å². The highest BCUT2D eigenvalue weighted by Crippen LogP contribution is 2.34. The standard InChI is InChI=1S/C17H34N2O/c1-13(2)18-10-17(6-7-20-12-17)11-19-9-14(3)8-15(4)16(19)5/h13-16,18H,6-12H2,1-5H3. The third-order valence-corrected chi connectivity index (χ3v) is 5.33. The van der Waals surface area contributed by atoms with E-state index in [1.54, 1.807) is 0 Å². The van der Waals surface area contributed by atoms with Gasteiger partial charge < -0.3 is 10.1 Å². The molecule has 2 saturated heterocycles. The van der Waals surface area contributed by atoms with Crippen molar-refractivity contribution in [2.45, 2.75) is 59.5 Å². The number of ether oxygens (including phenoxy) is 1. The van der Waals surface area contributed by atoms with Crippen LogP contribution in [0, 0.1) is 17.3 Å². The molecule has 2 heterocycles. The second-order valence-electron chi connectivity index (χ2n) is 7.83. The quantitative estimate of drug-likeness (QED) is 0.839. The summed E-state index contributed by atoms with van der Waals surface area (Å²) in [7, 11) is 0. The predicted octanol–water partition coefficient (Wildman–Crippen LogP) is 2.76. The van der Waals surface area contributed by atoms with Crippen LogP contribution < -0.4 is 5.32 Å². The second kappa shape index (κ2) is 6.76. The van der Waals surface area contributed by atoms with E-state index in [2.05, 4.69) is 44.8 Å². The zero-order chi connectivity index (χ0) is 14.8. The number of hydrogen-bond acceptors (Lipinski definition) is 3.